The van der Waals surface area contributed by atoms with E-state index in [0.29, 0.717) is 5.82 Å². The monoisotopic (exact) mass is 626 g/mol. The summed E-state index contributed by atoms with van der Waals surface area (Å²) in [6, 6.07) is 63.2. The summed E-state index contributed by atoms with van der Waals surface area (Å²) >= 11 is 0. The Labute approximate surface area is 284 Å². The van der Waals surface area contributed by atoms with Gasteiger partial charge in [-0.15, -0.1) is 0 Å². The normalized spacial score (nSPS) is 11.3. The van der Waals surface area contributed by atoms with Gasteiger partial charge in [-0.3, -0.25) is 0 Å². The Morgan fingerprint density at radius 3 is 1.47 bits per heavy atom. The largest absolute Gasteiger partial charge is 0.456 e. The highest BCUT2D eigenvalue weighted by atomic mass is 16.3. The lowest BCUT2D eigenvalue weighted by Crippen LogP contribution is -1.99. The minimum atomic E-state index is 0.669. The highest BCUT2D eigenvalue weighted by molar-refractivity contribution is 6.07. The highest BCUT2D eigenvalue weighted by Gasteiger charge is 2.21. The first-order valence-electron chi connectivity index (χ1n) is 16.5. The van der Waals surface area contributed by atoms with Gasteiger partial charge in [-0.05, 0) is 64.2 Å². The SMILES string of the molecule is c1ccc(-c2cc(-c3ccc4c(c3)oc3ccccc34)c(-c3ccccc3)c(-c3nc(-c4ccccc4)cc(-c4ccccc4)n3)c2)cc1. The maximum absolute atomic E-state index is 6.39. The fourth-order valence-corrected chi connectivity index (χ4v) is 6.73. The molecule has 0 unspecified atom stereocenters. The summed E-state index contributed by atoms with van der Waals surface area (Å²) in [6.45, 7) is 0. The van der Waals surface area contributed by atoms with Crippen LogP contribution in [0.5, 0.6) is 0 Å². The molecule has 0 fully saturated rings. The first-order valence-corrected chi connectivity index (χ1v) is 16.5. The predicted octanol–water partition coefficient (Wildman–Crippen LogP) is 12.4. The molecule has 0 aliphatic heterocycles. The maximum Gasteiger partial charge on any atom is 0.161 e. The molecule has 0 amide bonds. The van der Waals surface area contributed by atoms with Gasteiger partial charge < -0.3 is 4.42 Å². The Morgan fingerprint density at radius 2 is 0.837 bits per heavy atom. The van der Waals surface area contributed by atoms with Gasteiger partial charge in [0.1, 0.15) is 11.2 Å². The van der Waals surface area contributed by atoms with Crippen LogP contribution in [0.3, 0.4) is 0 Å². The molecule has 3 heteroatoms. The van der Waals surface area contributed by atoms with Crippen LogP contribution in [-0.4, -0.2) is 9.97 Å². The molecule has 9 aromatic rings. The van der Waals surface area contributed by atoms with Crippen LogP contribution >= 0.6 is 0 Å². The Hall–Kier alpha value is -6.58. The third-order valence-corrected chi connectivity index (χ3v) is 9.10. The molecule has 3 nitrogen and oxygen atoms in total. The summed E-state index contributed by atoms with van der Waals surface area (Å²) in [6.07, 6.45) is 0. The van der Waals surface area contributed by atoms with E-state index in [1.165, 1.54) is 0 Å². The van der Waals surface area contributed by atoms with Crippen LogP contribution in [0.1, 0.15) is 0 Å². The van der Waals surface area contributed by atoms with Crippen LogP contribution in [0.15, 0.2) is 186 Å². The third kappa shape index (κ3) is 5.38. The fraction of sp³-hybridized carbons (Fsp3) is 0. The lowest BCUT2D eigenvalue weighted by atomic mass is 9.86. The summed E-state index contributed by atoms with van der Waals surface area (Å²) in [4.78, 5) is 10.6. The number of para-hydroxylation sites is 1. The van der Waals surface area contributed by atoms with Crippen molar-refractivity contribution in [3.05, 3.63) is 182 Å². The van der Waals surface area contributed by atoms with Gasteiger partial charge in [0.2, 0.25) is 0 Å². The Kier molecular flexibility index (Phi) is 7.14. The lowest BCUT2D eigenvalue weighted by Gasteiger charge is -2.19. The molecule has 0 atom stereocenters. The summed E-state index contributed by atoms with van der Waals surface area (Å²) in [5, 5.41) is 2.22. The number of hydrogen-bond acceptors (Lipinski definition) is 3. The Morgan fingerprint density at radius 1 is 0.327 bits per heavy atom. The quantitative estimate of drug-likeness (QED) is 0.184. The number of aromatic nitrogens is 2. The van der Waals surface area contributed by atoms with Crippen LogP contribution in [0.2, 0.25) is 0 Å². The number of hydrogen-bond donors (Lipinski definition) is 0. The molecular weight excluding hydrogens is 597 g/mol. The molecular formula is C46H30N2O. The van der Waals surface area contributed by atoms with E-state index < -0.39 is 0 Å². The van der Waals surface area contributed by atoms with Gasteiger partial charge in [-0.2, -0.15) is 0 Å². The number of benzene rings is 7. The van der Waals surface area contributed by atoms with Gasteiger partial charge in [0.25, 0.3) is 0 Å². The average Bonchev–Trinajstić information content (AvgIpc) is 3.56. The highest BCUT2D eigenvalue weighted by Crippen LogP contribution is 2.44. The molecule has 230 valence electrons. The molecule has 2 heterocycles. The van der Waals surface area contributed by atoms with Crippen molar-refractivity contribution in [3.63, 3.8) is 0 Å². The van der Waals surface area contributed by atoms with Crippen LogP contribution in [0, 0.1) is 0 Å². The van der Waals surface area contributed by atoms with Crippen LogP contribution in [0.4, 0.5) is 0 Å². The van der Waals surface area contributed by atoms with Gasteiger partial charge in [0.15, 0.2) is 5.82 Å². The van der Waals surface area contributed by atoms with Gasteiger partial charge in [0.05, 0.1) is 11.4 Å². The topological polar surface area (TPSA) is 38.9 Å². The van der Waals surface area contributed by atoms with E-state index in [1.807, 2.05) is 24.3 Å². The maximum atomic E-state index is 6.39. The molecule has 7 aromatic carbocycles. The second kappa shape index (κ2) is 12.2. The summed E-state index contributed by atoms with van der Waals surface area (Å²) in [5.41, 5.74) is 13.0. The first-order chi connectivity index (χ1) is 24.3. The second-order valence-electron chi connectivity index (χ2n) is 12.2. The van der Waals surface area contributed by atoms with Crippen molar-refractivity contribution in [3.8, 4) is 67.3 Å². The smallest absolute Gasteiger partial charge is 0.161 e. The van der Waals surface area contributed by atoms with Crippen molar-refractivity contribution >= 4 is 21.9 Å². The molecule has 0 spiro atoms. The van der Waals surface area contributed by atoms with Gasteiger partial charge in [-0.25, -0.2) is 9.97 Å². The van der Waals surface area contributed by atoms with E-state index in [-0.39, 0.29) is 0 Å². The lowest BCUT2D eigenvalue weighted by molar-refractivity contribution is 0.669. The molecule has 0 saturated carbocycles. The second-order valence-corrected chi connectivity index (χ2v) is 12.2. The zero-order chi connectivity index (χ0) is 32.6. The van der Waals surface area contributed by atoms with Crippen molar-refractivity contribution in [1.29, 1.82) is 0 Å². The van der Waals surface area contributed by atoms with Crippen LogP contribution in [0.25, 0.3) is 89.2 Å². The standard InChI is InChI=1S/C46H30N2O/c1-5-15-31(16-6-1)36-27-39(35-25-26-38-37-23-13-14-24-43(37)49-44(38)29-35)45(34-21-11-4-12-22-34)40(28-36)46-47-41(32-17-7-2-8-18-32)30-42(48-46)33-19-9-3-10-20-33/h1-30H. The van der Waals surface area contributed by atoms with E-state index in [1.54, 1.807) is 0 Å². The first kappa shape index (κ1) is 28.6. The zero-order valence-corrected chi connectivity index (χ0v) is 26.6. The van der Waals surface area contributed by atoms with E-state index in [0.717, 1.165) is 83.4 Å². The minimum absolute atomic E-state index is 0.669. The van der Waals surface area contributed by atoms with Gasteiger partial charge in [-0.1, -0.05) is 146 Å². The molecule has 0 bridgehead atoms. The molecule has 2 aromatic heterocycles. The Balaban J connectivity index is 1.37. The summed E-state index contributed by atoms with van der Waals surface area (Å²) < 4.78 is 6.39. The molecule has 0 saturated heterocycles. The number of furan rings is 1. The molecule has 0 aliphatic rings. The van der Waals surface area contributed by atoms with Crippen molar-refractivity contribution < 1.29 is 4.42 Å². The van der Waals surface area contributed by atoms with Crippen molar-refractivity contribution in [2.45, 2.75) is 0 Å². The van der Waals surface area contributed by atoms with Crippen LogP contribution < -0.4 is 0 Å². The summed E-state index contributed by atoms with van der Waals surface area (Å²) in [7, 11) is 0. The third-order valence-electron chi connectivity index (χ3n) is 9.10. The van der Waals surface area contributed by atoms with Gasteiger partial charge >= 0.3 is 0 Å². The van der Waals surface area contributed by atoms with Crippen molar-refractivity contribution in [1.82, 2.24) is 9.97 Å². The van der Waals surface area contributed by atoms with E-state index in [4.69, 9.17) is 14.4 Å². The molecule has 9 rings (SSSR count). The molecule has 0 radical (unpaired) electrons. The fourth-order valence-electron chi connectivity index (χ4n) is 6.73. The van der Waals surface area contributed by atoms with Crippen molar-refractivity contribution in [2.24, 2.45) is 0 Å². The Bertz CT molecular complexity index is 2520. The predicted molar refractivity (Wildman–Crippen MR) is 202 cm³/mol. The average molecular weight is 627 g/mol. The molecule has 0 aliphatic carbocycles. The minimum Gasteiger partial charge on any atom is -0.456 e. The van der Waals surface area contributed by atoms with Crippen molar-refractivity contribution in [2.75, 3.05) is 0 Å². The molecule has 0 N–H and O–H groups in total. The number of fused-ring (bicyclic) bond motifs is 3. The van der Waals surface area contributed by atoms with Gasteiger partial charge in [0, 0.05) is 33.0 Å². The molecule has 49 heavy (non-hydrogen) atoms. The summed E-state index contributed by atoms with van der Waals surface area (Å²) in [5.74, 6) is 0.669. The number of rotatable bonds is 6. The van der Waals surface area contributed by atoms with E-state index >= 15 is 0 Å². The van der Waals surface area contributed by atoms with E-state index in [9.17, 15) is 0 Å². The number of nitrogens with zero attached hydrogens (tertiary/aromatic N) is 2. The zero-order valence-electron chi connectivity index (χ0n) is 26.6. The van der Waals surface area contributed by atoms with Crippen LogP contribution in [-0.2, 0) is 0 Å². The van der Waals surface area contributed by atoms with E-state index in [2.05, 4.69) is 158 Å².